The Morgan fingerprint density at radius 2 is 1.45 bits per heavy atom. The molecule has 11 heteroatoms. The van der Waals surface area contributed by atoms with Crippen molar-refractivity contribution in [2.75, 3.05) is 28.3 Å². The van der Waals surface area contributed by atoms with E-state index >= 15 is 0 Å². The number of hydrogen-bond donors (Lipinski definition) is 2. The smallest absolute Gasteiger partial charge is 0.305 e. The molecule has 1 amide bonds. The van der Waals surface area contributed by atoms with E-state index in [2.05, 4.69) is 5.32 Å². The molecular formula is C36H41N5O6. The first kappa shape index (κ1) is 33.3. The van der Waals surface area contributed by atoms with Crippen molar-refractivity contribution in [1.82, 2.24) is 10.2 Å². The Hall–Kier alpha value is -5.06. The summed E-state index contributed by atoms with van der Waals surface area (Å²) in [7, 11) is 6.10. The number of aliphatic hydroxyl groups is 1. The molecule has 0 spiro atoms. The van der Waals surface area contributed by atoms with Crippen molar-refractivity contribution in [3.05, 3.63) is 92.5 Å². The second-order valence-corrected chi connectivity index (χ2v) is 12.5. The van der Waals surface area contributed by atoms with Crippen LogP contribution in [0.15, 0.2) is 107 Å². The number of carbonyl (C=O) groups excluding carboxylic acids is 3. The number of allylic oxidation sites excluding steroid dienone is 10. The van der Waals surface area contributed by atoms with E-state index in [1.807, 2.05) is 52.0 Å². The van der Waals surface area contributed by atoms with Gasteiger partial charge in [0.05, 0.1) is 59.6 Å². The molecular weight excluding hydrogens is 598 g/mol. The number of esters is 2. The first-order valence-corrected chi connectivity index (χ1v) is 15.5. The van der Waals surface area contributed by atoms with Gasteiger partial charge >= 0.3 is 11.9 Å². The van der Waals surface area contributed by atoms with Gasteiger partial charge in [-0.1, -0.05) is 0 Å². The van der Waals surface area contributed by atoms with Gasteiger partial charge in [-0.05, 0) is 98.8 Å². The maximum atomic E-state index is 13.0. The van der Waals surface area contributed by atoms with E-state index in [9.17, 15) is 19.5 Å². The van der Waals surface area contributed by atoms with Gasteiger partial charge in [-0.2, -0.15) is 0 Å². The highest BCUT2D eigenvalue weighted by atomic mass is 16.5. The lowest BCUT2D eigenvalue weighted by Gasteiger charge is -2.27. The van der Waals surface area contributed by atoms with Crippen molar-refractivity contribution in [2.24, 2.45) is 20.4 Å². The largest absolute Gasteiger partial charge is 0.509 e. The highest BCUT2D eigenvalue weighted by molar-refractivity contribution is 6.17. The van der Waals surface area contributed by atoms with Crippen LogP contribution in [0.25, 0.3) is 0 Å². The van der Waals surface area contributed by atoms with Crippen LogP contribution in [-0.4, -0.2) is 73.3 Å². The number of aliphatic hydroxyl groups excluding tert-OH is 1. The number of aliphatic imine (C=N–C) groups is 3. The van der Waals surface area contributed by atoms with Crippen LogP contribution in [0.1, 0.15) is 59.8 Å². The van der Waals surface area contributed by atoms with Crippen LogP contribution in [0.4, 0.5) is 0 Å². The minimum atomic E-state index is -1.07. The highest BCUT2D eigenvalue weighted by Crippen LogP contribution is 2.45. The normalized spacial score (nSPS) is 21.7. The standard InChI is InChI=1S/C36H41N5O6/c1-19-13-22-14-26-20(2)23(9-11-33(43)46-7)28(38-26)16-29-24(10-12-34(44)47-8)21(3)27(39-29)17-31-36(4,18-32(42)41(5)6)35(45)30(40-31)15-25(19)37-22/h13-17,40,45H,9-12,18H2,1-8H3/t36-/m1/s1. The van der Waals surface area contributed by atoms with Gasteiger partial charge in [-0.15, -0.1) is 0 Å². The van der Waals surface area contributed by atoms with Crippen LogP contribution in [0.5, 0.6) is 0 Å². The summed E-state index contributed by atoms with van der Waals surface area (Å²) in [5.41, 5.74) is 8.38. The lowest BCUT2D eigenvalue weighted by atomic mass is 9.81. The van der Waals surface area contributed by atoms with Crippen molar-refractivity contribution in [3.8, 4) is 0 Å². The molecule has 0 saturated heterocycles. The zero-order chi connectivity index (χ0) is 34.2. The minimum absolute atomic E-state index is 0.0190. The van der Waals surface area contributed by atoms with Crippen LogP contribution < -0.4 is 5.32 Å². The quantitative estimate of drug-likeness (QED) is 0.346. The summed E-state index contributed by atoms with van der Waals surface area (Å²) in [6.45, 7) is 7.69. The van der Waals surface area contributed by atoms with Crippen molar-refractivity contribution < 1.29 is 29.0 Å². The van der Waals surface area contributed by atoms with E-state index < -0.39 is 5.41 Å². The first-order chi connectivity index (χ1) is 22.2. The summed E-state index contributed by atoms with van der Waals surface area (Å²) in [5.74, 6) is -0.775. The van der Waals surface area contributed by atoms with E-state index in [1.165, 1.54) is 19.1 Å². The molecule has 1 atom stereocenters. The summed E-state index contributed by atoms with van der Waals surface area (Å²) in [4.78, 5) is 53.8. The molecule has 0 radical (unpaired) electrons. The first-order valence-electron chi connectivity index (χ1n) is 15.5. The van der Waals surface area contributed by atoms with Gasteiger partial charge in [0, 0.05) is 39.1 Å². The predicted molar refractivity (Wildman–Crippen MR) is 181 cm³/mol. The number of methoxy groups -OCH3 is 2. The second-order valence-electron chi connectivity index (χ2n) is 12.5. The van der Waals surface area contributed by atoms with Crippen LogP contribution >= 0.6 is 0 Å². The van der Waals surface area contributed by atoms with Gasteiger partial charge in [0.1, 0.15) is 5.76 Å². The molecule has 0 saturated carbocycles. The Labute approximate surface area is 274 Å². The predicted octanol–water partition coefficient (Wildman–Crippen LogP) is 5.24. The molecule has 5 aliphatic rings. The molecule has 0 aliphatic carbocycles. The van der Waals surface area contributed by atoms with E-state index in [0.29, 0.717) is 58.5 Å². The molecule has 0 aromatic heterocycles. The molecule has 246 valence electrons. The van der Waals surface area contributed by atoms with Crippen LogP contribution in [0.3, 0.4) is 0 Å². The number of nitrogens with zero attached hydrogens (tertiary/aromatic N) is 4. The Morgan fingerprint density at radius 1 is 0.809 bits per heavy atom. The fourth-order valence-corrected chi connectivity index (χ4v) is 6.09. The van der Waals surface area contributed by atoms with Crippen LogP contribution in [-0.2, 0) is 23.9 Å². The maximum Gasteiger partial charge on any atom is 0.305 e. The number of carbonyl (C=O) groups is 3. The zero-order valence-corrected chi connectivity index (χ0v) is 28.2. The van der Waals surface area contributed by atoms with Gasteiger partial charge in [0.25, 0.3) is 0 Å². The third-order valence-electron chi connectivity index (χ3n) is 9.17. The molecule has 2 N–H and O–H groups in total. The molecule has 47 heavy (non-hydrogen) atoms. The molecule has 0 aromatic carbocycles. The molecule has 0 unspecified atom stereocenters. The van der Waals surface area contributed by atoms with E-state index in [0.717, 1.165) is 27.9 Å². The SMILES string of the molecule is COC(=O)CCC1=C(C)C2=NC1=CC1=NC(=CC3=NC(=CC4=C(O)[C@](C)(CC(=O)N(C)C)C(=C2)N4)C(C)=C3)C(C)=C1CCC(=O)OC. The Morgan fingerprint density at radius 3 is 2.09 bits per heavy atom. The number of rotatable bonds is 8. The summed E-state index contributed by atoms with van der Waals surface area (Å²) in [6, 6.07) is 0. The maximum absolute atomic E-state index is 13.0. The average Bonchev–Trinajstić information content (AvgIpc) is 3.69. The number of amides is 1. The fourth-order valence-electron chi connectivity index (χ4n) is 6.09. The Kier molecular flexibility index (Phi) is 9.20. The third kappa shape index (κ3) is 6.47. The summed E-state index contributed by atoms with van der Waals surface area (Å²) >= 11 is 0. The summed E-state index contributed by atoms with van der Waals surface area (Å²) in [5, 5.41) is 15.0. The van der Waals surface area contributed by atoms with Crippen molar-refractivity contribution in [3.63, 3.8) is 0 Å². The molecule has 0 aromatic rings. The van der Waals surface area contributed by atoms with Crippen molar-refractivity contribution in [2.45, 2.75) is 59.8 Å². The number of fused-ring (bicyclic) bond motifs is 5. The fraction of sp³-hybridized carbons (Fsp3) is 0.389. The number of nitrogens with one attached hydrogen (secondary N) is 1. The van der Waals surface area contributed by atoms with Gasteiger partial charge in [-0.25, -0.2) is 15.0 Å². The van der Waals surface area contributed by atoms with Gasteiger partial charge in [0.15, 0.2) is 0 Å². The number of ether oxygens (including phenoxy) is 2. The Bertz CT molecular complexity index is 1820. The van der Waals surface area contributed by atoms with Gasteiger partial charge in [-0.3, -0.25) is 14.4 Å². The molecule has 5 heterocycles. The summed E-state index contributed by atoms with van der Waals surface area (Å²) in [6.07, 6.45) is 10.5. The Balaban J connectivity index is 1.73. The zero-order valence-electron chi connectivity index (χ0n) is 28.2. The topological polar surface area (TPSA) is 142 Å². The number of hydrogen-bond acceptors (Lipinski definition) is 10. The van der Waals surface area contributed by atoms with Crippen LogP contribution in [0, 0.1) is 5.41 Å². The highest BCUT2D eigenvalue weighted by Gasteiger charge is 2.44. The van der Waals surface area contributed by atoms with E-state index in [4.69, 9.17) is 24.5 Å². The molecule has 0 fully saturated rings. The molecule has 5 aliphatic heterocycles. The average molecular weight is 640 g/mol. The lowest BCUT2D eigenvalue weighted by molar-refractivity contribution is -0.141. The third-order valence-corrected chi connectivity index (χ3v) is 9.17. The lowest BCUT2D eigenvalue weighted by Crippen LogP contribution is -2.32. The molecule has 8 bridgehead atoms. The monoisotopic (exact) mass is 639 g/mol. The van der Waals surface area contributed by atoms with Crippen molar-refractivity contribution in [1.29, 1.82) is 0 Å². The summed E-state index contributed by atoms with van der Waals surface area (Å²) < 4.78 is 9.85. The minimum Gasteiger partial charge on any atom is -0.509 e. The van der Waals surface area contributed by atoms with Gasteiger partial charge < -0.3 is 24.8 Å². The van der Waals surface area contributed by atoms with Crippen molar-refractivity contribution >= 4 is 35.0 Å². The second kappa shape index (κ2) is 13.0. The van der Waals surface area contributed by atoms with E-state index in [-0.39, 0.29) is 42.9 Å². The molecule has 5 rings (SSSR count). The van der Waals surface area contributed by atoms with E-state index in [1.54, 1.807) is 20.2 Å². The van der Waals surface area contributed by atoms with Crippen LogP contribution in [0.2, 0.25) is 0 Å². The van der Waals surface area contributed by atoms with Gasteiger partial charge in [0.2, 0.25) is 5.91 Å². The molecule has 11 nitrogen and oxygen atoms in total.